The van der Waals surface area contributed by atoms with Crippen LogP contribution in [0, 0.1) is 0 Å². The number of fused-ring (bicyclic) bond motifs is 1. The van der Waals surface area contributed by atoms with E-state index in [0.29, 0.717) is 6.54 Å². The highest BCUT2D eigenvalue weighted by atomic mass is 16.1. The second-order valence-electron chi connectivity index (χ2n) is 4.47. The van der Waals surface area contributed by atoms with Gasteiger partial charge in [-0.2, -0.15) is 0 Å². The lowest BCUT2D eigenvalue weighted by molar-refractivity contribution is 0.891. The summed E-state index contributed by atoms with van der Waals surface area (Å²) in [5.41, 5.74) is 10.1. The standard InChI is InChI=1S/C14H14N4O/c1-18-13-7-10(2-3-11(13)17-14(18)19)12-6-9(8-15)4-5-16-12/h2-7H,8,15H2,1H3,(H,17,19). The first-order valence-corrected chi connectivity index (χ1v) is 6.03. The average Bonchev–Trinajstić information content (AvgIpc) is 2.74. The fraction of sp³-hybridized carbons (Fsp3) is 0.143. The lowest BCUT2D eigenvalue weighted by Crippen LogP contribution is -2.11. The molecule has 3 N–H and O–H groups in total. The van der Waals surface area contributed by atoms with E-state index in [1.165, 1.54) is 0 Å². The molecule has 0 spiro atoms. The van der Waals surface area contributed by atoms with E-state index in [9.17, 15) is 4.79 Å². The summed E-state index contributed by atoms with van der Waals surface area (Å²) in [6.07, 6.45) is 1.75. The minimum Gasteiger partial charge on any atom is -0.326 e. The van der Waals surface area contributed by atoms with E-state index < -0.39 is 0 Å². The molecule has 0 saturated heterocycles. The van der Waals surface area contributed by atoms with Crippen molar-refractivity contribution in [1.29, 1.82) is 0 Å². The van der Waals surface area contributed by atoms with Gasteiger partial charge in [0.1, 0.15) is 0 Å². The van der Waals surface area contributed by atoms with Crippen LogP contribution in [0.1, 0.15) is 5.56 Å². The molecule has 0 fully saturated rings. The minimum absolute atomic E-state index is 0.115. The fourth-order valence-corrected chi connectivity index (χ4v) is 2.14. The number of rotatable bonds is 2. The number of aromatic nitrogens is 3. The van der Waals surface area contributed by atoms with Crippen LogP contribution in [0.5, 0.6) is 0 Å². The van der Waals surface area contributed by atoms with Crippen molar-refractivity contribution in [3.05, 3.63) is 52.6 Å². The number of benzene rings is 1. The highest BCUT2D eigenvalue weighted by molar-refractivity contribution is 5.81. The van der Waals surface area contributed by atoms with Crippen LogP contribution in [0.4, 0.5) is 0 Å². The largest absolute Gasteiger partial charge is 0.326 e. The second kappa shape index (κ2) is 4.37. The molecule has 0 aliphatic heterocycles. The Hall–Kier alpha value is -2.40. The first kappa shape index (κ1) is 11.7. The molecule has 2 aromatic heterocycles. The van der Waals surface area contributed by atoms with Gasteiger partial charge >= 0.3 is 5.69 Å². The maximum Gasteiger partial charge on any atom is 0.326 e. The van der Waals surface area contributed by atoms with Gasteiger partial charge in [-0.25, -0.2) is 4.79 Å². The lowest BCUT2D eigenvalue weighted by atomic mass is 10.1. The van der Waals surface area contributed by atoms with Crippen LogP contribution in [0.2, 0.25) is 0 Å². The third-order valence-electron chi connectivity index (χ3n) is 3.26. The molecule has 5 heteroatoms. The number of nitrogens with one attached hydrogen (secondary N) is 1. The van der Waals surface area contributed by atoms with E-state index in [-0.39, 0.29) is 5.69 Å². The van der Waals surface area contributed by atoms with Crippen LogP contribution in [0.25, 0.3) is 22.3 Å². The SMILES string of the molecule is Cn1c(=O)[nH]c2ccc(-c3cc(CN)ccn3)cc21. The van der Waals surface area contributed by atoms with Crippen molar-refractivity contribution in [2.24, 2.45) is 12.8 Å². The van der Waals surface area contributed by atoms with Crippen molar-refractivity contribution >= 4 is 11.0 Å². The Morgan fingerprint density at radius 3 is 2.95 bits per heavy atom. The van der Waals surface area contributed by atoms with Crippen LogP contribution < -0.4 is 11.4 Å². The second-order valence-corrected chi connectivity index (χ2v) is 4.47. The Bertz CT molecular complexity index is 801. The number of aryl methyl sites for hydroxylation is 1. The number of pyridine rings is 1. The maximum atomic E-state index is 11.6. The van der Waals surface area contributed by atoms with Crippen molar-refractivity contribution in [2.45, 2.75) is 6.54 Å². The molecule has 0 bridgehead atoms. The van der Waals surface area contributed by atoms with Crippen LogP contribution in [0.3, 0.4) is 0 Å². The van der Waals surface area contributed by atoms with Gasteiger partial charge in [0.25, 0.3) is 0 Å². The lowest BCUT2D eigenvalue weighted by Gasteiger charge is -2.04. The van der Waals surface area contributed by atoms with E-state index in [1.54, 1.807) is 17.8 Å². The first-order valence-electron chi connectivity index (χ1n) is 6.03. The van der Waals surface area contributed by atoms with Gasteiger partial charge in [-0.15, -0.1) is 0 Å². The highest BCUT2D eigenvalue weighted by Crippen LogP contribution is 2.21. The highest BCUT2D eigenvalue weighted by Gasteiger charge is 2.06. The summed E-state index contributed by atoms with van der Waals surface area (Å²) in [6.45, 7) is 0.487. The van der Waals surface area contributed by atoms with Crippen molar-refractivity contribution in [3.63, 3.8) is 0 Å². The van der Waals surface area contributed by atoms with E-state index in [1.807, 2.05) is 30.3 Å². The zero-order valence-electron chi connectivity index (χ0n) is 10.6. The number of nitrogens with zero attached hydrogens (tertiary/aromatic N) is 2. The third-order valence-corrected chi connectivity index (χ3v) is 3.26. The van der Waals surface area contributed by atoms with Crippen molar-refractivity contribution in [2.75, 3.05) is 0 Å². The number of nitrogens with two attached hydrogens (primary N) is 1. The van der Waals surface area contributed by atoms with Gasteiger partial charge in [-0.05, 0) is 29.8 Å². The summed E-state index contributed by atoms with van der Waals surface area (Å²) >= 11 is 0. The molecular weight excluding hydrogens is 240 g/mol. The number of hydrogen-bond acceptors (Lipinski definition) is 3. The number of aromatic amines is 1. The third kappa shape index (κ3) is 1.94. The summed E-state index contributed by atoms with van der Waals surface area (Å²) in [5, 5.41) is 0. The van der Waals surface area contributed by atoms with E-state index in [4.69, 9.17) is 5.73 Å². The van der Waals surface area contributed by atoms with Gasteiger partial charge in [0.15, 0.2) is 0 Å². The maximum absolute atomic E-state index is 11.6. The molecule has 0 saturated carbocycles. The summed E-state index contributed by atoms with van der Waals surface area (Å²) in [4.78, 5) is 18.7. The van der Waals surface area contributed by atoms with Crippen LogP contribution >= 0.6 is 0 Å². The number of imidazole rings is 1. The van der Waals surface area contributed by atoms with Gasteiger partial charge in [0.2, 0.25) is 0 Å². The zero-order valence-corrected chi connectivity index (χ0v) is 10.6. The first-order chi connectivity index (χ1) is 9.19. The van der Waals surface area contributed by atoms with Crippen LogP contribution in [-0.4, -0.2) is 14.5 Å². The number of hydrogen-bond donors (Lipinski definition) is 2. The summed E-state index contributed by atoms with van der Waals surface area (Å²) in [6, 6.07) is 9.65. The normalized spacial score (nSPS) is 11.1. The van der Waals surface area contributed by atoms with Gasteiger partial charge in [-0.1, -0.05) is 6.07 Å². The van der Waals surface area contributed by atoms with Gasteiger partial charge in [-0.3, -0.25) is 9.55 Å². The zero-order chi connectivity index (χ0) is 13.4. The van der Waals surface area contributed by atoms with E-state index in [0.717, 1.165) is 27.9 Å². The van der Waals surface area contributed by atoms with Crippen LogP contribution in [0.15, 0.2) is 41.3 Å². The van der Waals surface area contributed by atoms with Crippen LogP contribution in [-0.2, 0) is 13.6 Å². The molecule has 2 heterocycles. The van der Waals surface area contributed by atoms with Gasteiger partial charge in [0.05, 0.1) is 16.7 Å². The molecule has 0 amide bonds. The summed E-state index contributed by atoms with van der Waals surface area (Å²) in [5.74, 6) is 0. The quantitative estimate of drug-likeness (QED) is 0.725. The van der Waals surface area contributed by atoms with Crippen molar-refractivity contribution in [3.8, 4) is 11.3 Å². The molecule has 3 aromatic rings. The van der Waals surface area contributed by atoms with Gasteiger partial charge < -0.3 is 10.7 Å². The average molecular weight is 254 g/mol. The predicted molar refractivity (Wildman–Crippen MR) is 74.7 cm³/mol. The molecule has 96 valence electrons. The Morgan fingerprint density at radius 2 is 2.16 bits per heavy atom. The Kier molecular flexibility index (Phi) is 2.68. The molecular formula is C14H14N4O. The molecule has 5 nitrogen and oxygen atoms in total. The topological polar surface area (TPSA) is 76.7 Å². The Morgan fingerprint density at radius 1 is 1.32 bits per heavy atom. The van der Waals surface area contributed by atoms with Crippen molar-refractivity contribution < 1.29 is 0 Å². The van der Waals surface area contributed by atoms with Crippen molar-refractivity contribution in [1.82, 2.24) is 14.5 Å². The monoisotopic (exact) mass is 254 g/mol. The van der Waals surface area contributed by atoms with Gasteiger partial charge in [0, 0.05) is 25.4 Å². The molecule has 0 atom stereocenters. The molecule has 19 heavy (non-hydrogen) atoms. The molecule has 0 aliphatic rings. The predicted octanol–water partition coefficient (Wildman–Crippen LogP) is 1.39. The smallest absolute Gasteiger partial charge is 0.326 e. The molecule has 0 aliphatic carbocycles. The fourth-order valence-electron chi connectivity index (χ4n) is 2.14. The van der Waals surface area contributed by atoms with E-state index in [2.05, 4.69) is 9.97 Å². The number of H-pyrrole nitrogens is 1. The molecule has 3 rings (SSSR count). The van der Waals surface area contributed by atoms with E-state index >= 15 is 0 Å². The Labute approximate surface area is 109 Å². The molecule has 0 unspecified atom stereocenters. The Balaban J connectivity index is 2.19. The summed E-state index contributed by atoms with van der Waals surface area (Å²) < 4.78 is 1.59. The minimum atomic E-state index is -0.115. The molecule has 1 aromatic carbocycles. The summed E-state index contributed by atoms with van der Waals surface area (Å²) in [7, 11) is 1.74. The molecule has 0 radical (unpaired) electrons.